The van der Waals surface area contributed by atoms with Gasteiger partial charge in [-0.05, 0) is 36.4 Å². The van der Waals surface area contributed by atoms with Gasteiger partial charge in [0.2, 0.25) is 11.8 Å². The summed E-state index contributed by atoms with van der Waals surface area (Å²) in [5.74, 6) is -0.229. The van der Waals surface area contributed by atoms with Crippen LogP contribution in [0.25, 0.3) is 33.6 Å². The second-order valence-electron chi connectivity index (χ2n) is 5.11. The lowest BCUT2D eigenvalue weighted by molar-refractivity contribution is 0.533. The molecule has 2 heterocycles. The van der Waals surface area contributed by atoms with Gasteiger partial charge in [0.1, 0.15) is 17.2 Å². The summed E-state index contributed by atoms with van der Waals surface area (Å²) in [6, 6.07) is 8.56. The van der Waals surface area contributed by atoms with Crippen LogP contribution in [0.15, 0.2) is 51.5 Å². The molecule has 4 nitrogen and oxygen atoms in total. The Morgan fingerprint density at radius 1 is 0.957 bits per heavy atom. The van der Waals surface area contributed by atoms with Gasteiger partial charge in [0, 0.05) is 29.0 Å². The van der Waals surface area contributed by atoms with E-state index >= 15 is 0 Å². The van der Waals surface area contributed by atoms with E-state index in [4.69, 9.17) is 8.83 Å². The number of benzene rings is 2. The average Bonchev–Trinajstić information content (AvgIpc) is 3.15. The molecule has 2 aromatic heterocycles. The Morgan fingerprint density at radius 2 is 1.83 bits per heavy atom. The van der Waals surface area contributed by atoms with Gasteiger partial charge < -0.3 is 8.83 Å². The number of hydrogen-bond acceptors (Lipinski definition) is 4. The van der Waals surface area contributed by atoms with E-state index in [-0.39, 0.29) is 5.56 Å². The molecule has 0 saturated carbocycles. The average molecular weight is 312 g/mol. The van der Waals surface area contributed by atoms with Gasteiger partial charge in [-0.1, -0.05) is 0 Å². The van der Waals surface area contributed by atoms with Gasteiger partial charge in [0.25, 0.3) is 0 Å². The molecule has 0 atom stereocenters. The second kappa shape index (κ2) is 5.01. The Morgan fingerprint density at radius 3 is 2.61 bits per heavy atom. The molecular formula is C17H10F2N2O2. The van der Waals surface area contributed by atoms with E-state index < -0.39 is 11.6 Å². The number of rotatable bonds is 2. The van der Waals surface area contributed by atoms with Crippen LogP contribution in [-0.4, -0.2) is 10.2 Å². The van der Waals surface area contributed by atoms with E-state index in [1.807, 2.05) is 0 Å². The number of furan rings is 1. The maximum Gasteiger partial charge on any atom is 0.247 e. The predicted molar refractivity (Wildman–Crippen MR) is 79.6 cm³/mol. The van der Waals surface area contributed by atoms with E-state index in [2.05, 4.69) is 10.2 Å². The van der Waals surface area contributed by atoms with E-state index in [1.165, 1.54) is 6.26 Å². The van der Waals surface area contributed by atoms with Crippen LogP contribution >= 0.6 is 0 Å². The lowest BCUT2D eigenvalue weighted by atomic mass is 10.0. The summed E-state index contributed by atoms with van der Waals surface area (Å²) in [4.78, 5) is 0. The molecule has 114 valence electrons. The molecule has 0 spiro atoms. The predicted octanol–water partition coefficient (Wildman–Crippen LogP) is 4.74. The third kappa shape index (κ3) is 2.28. The third-order valence-corrected chi connectivity index (χ3v) is 3.57. The first-order valence-corrected chi connectivity index (χ1v) is 6.89. The monoisotopic (exact) mass is 312 g/mol. The van der Waals surface area contributed by atoms with Gasteiger partial charge in [0.15, 0.2) is 0 Å². The van der Waals surface area contributed by atoms with Crippen LogP contribution in [0, 0.1) is 18.6 Å². The normalized spacial score (nSPS) is 11.3. The van der Waals surface area contributed by atoms with Crippen molar-refractivity contribution in [3.05, 3.63) is 60.2 Å². The summed E-state index contributed by atoms with van der Waals surface area (Å²) >= 11 is 0. The Labute approximate surface area is 129 Å². The van der Waals surface area contributed by atoms with E-state index in [9.17, 15) is 8.78 Å². The number of aromatic nitrogens is 2. The summed E-state index contributed by atoms with van der Waals surface area (Å²) in [6.07, 6.45) is 1.41. The molecule has 0 bridgehead atoms. The van der Waals surface area contributed by atoms with Crippen LogP contribution < -0.4 is 0 Å². The summed E-state index contributed by atoms with van der Waals surface area (Å²) in [5, 5.41) is 8.39. The highest BCUT2D eigenvalue weighted by Crippen LogP contribution is 2.35. The van der Waals surface area contributed by atoms with Crippen LogP contribution in [0.4, 0.5) is 8.78 Å². The minimum Gasteiger partial charge on any atom is -0.464 e. The van der Waals surface area contributed by atoms with E-state index in [0.29, 0.717) is 33.9 Å². The van der Waals surface area contributed by atoms with Gasteiger partial charge >= 0.3 is 0 Å². The molecule has 2 aromatic carbocycles. The molecule has 0 aliphatic carbocycles. The van der Waals surface area contributed by atoms with Crippen LogP contribution in [0.2, 0.25) is 0 Å². The van der Waals surface area contributed by atoms with Crippen molar-refractivity contribution in [2.24, 2.45) is 0 Å². The lowest BCUT2D eigenvalue weighted by Crippen LogP contribution is -1.85. The Bertz CT molecular complexity index is 1020. The molecule has 0 unspecified atom stereocenters. The van der Waals surface area contributed by atoms with Gasteiger partial charge in [-0.15, -0.1) is 10.2 Å². The Hall–Kier alpha value is -3.02. The van der Waals surface area contributed by atoms with Crippen molar-refractivity contribution in [3.63, 3.8) is 0 Å². The molecule has 6 heteroatoms. The standard InChI is InChI=1S/C17H10F2N2O2/c1-9-20-21-17(23-9)10-2-5-16-13(6-10)14(8-22-16)12-7-11(18)3-4-15(12)19/h2-8H,1H3. The first-order chi connectivity index (χ1) is 11.1. The third-order valence-electron chi connectivity index (χ3n) is 3.57. The van der Waals surface area contributed by atoms with Crippen LogP contribution in [0.1, 0.15) is 5.89 Å². The van der Waals surface area contributed by atoms with Crippen molar-refractivity contribution in [2.75, 3.05) is 0 Å². The Kier molecular flexibility index (Phi) is 2.97. The van der Waals surface area contributed by atoms with E-state index in [0.717, 1.165) is 18.2 Å². The minimum absolute atomic E-state index is 0.141. The van der Waals surface area contributed by atoms with Gasteiger partial charge in [-0.25, -0.2) is 8.78 Å². The highest BCUT2D eigenvalue weighted by Gasteiger charge is 2.15. The van der Waals surface area contributed by atoms with Crippen molar-refractivity contribution >= 4 is 11.0 Å². The fraction of sp³-hybridized carbons (Fsp3) is 0.0588. The van der Waals surface area contributed by atoms with Crippen LogP contribution in [-0.2, 0) is 0 Å². The van der Waals surface area contributed by atoms with Gasteiger partial charge in [-0.2, -0.15) is 0 Å². The fourth-order valence-corrected chi connectivity index (χ4v) is 2.49. The maximum absolute atomic E-state index is 14.0. The maximum atomic E-state index is 14.0. The summed E-state index contributed by atoms with van der Waals surface area (Å²) in [5.41, 5.74) is 1.85. The molecule has 0 aliphatic heterocycles. The van der Waals surface area contributed by atoms with Crippen molar-refractivity contribution < 1.29 is 17.6 Å². The molecule has 0 fully saturated rings. The molecule has 0 aliphatic rings. The molecule has 0 radical (unpaired) electrons. The summed E-state index contributed by atoms with van der Waals surface area (Å²) in [6.45, 7) is 1.69. The highest BCUT2D eigenvalue weighted by atomic mass is 19.1. The number of hydrogen-bond donors (Lipinski definition) is 0. The zero-order chi connectivity index (χ0) is 16.0. The molecule has 4 aromatic rings. The minimum atomic E-state index is -0.520. The zero-order valence-electron chi connectivity index (χ0n) is 12.0. The second-order valence-corrected chi connectivity index (χ2v) is 5.11. The SMILES string of the molecule is Cc1nnc(-c2ccc3occ(-c4cc(F)ccc4F)c3c2)o1. The molecular weight excluding hydrogens is 302 g/mol. The smallest absolute Gasteiger partial charge is 0.247 e. The Balaban J connectivity index is 1.93. The van der Waals surface area contributed by atoms with Crippen molar-refractivity contribution in [3.8, 4) is 22.6 Å². The summed E-state index contributed by atoms with van der Waals surface area (Å²) in [7, 11) is 0. The summed E-state index contributed by atoms with van der Waals surface area (Å²) < 4.78 is 38.3. The molecule has 0 N–H and O–H groups in total. The molecule has 4 rings (SSSR count). The molecule has 0 amide bonds. The number of aryl methyl sites for hydroxylation is 1. The van der Waals surface area contributed by atoms with Gasteiger partial charge in [-0.3, -0.25) is 0 Å². The first-order valence-electron chi connectivity index (χ1n) is 6.89. The zero-order valence-corrected chi connectivity index (χ0v) is 12.0. The quantitative estimate of drug-likeness (QED) is 0.536. The number of halogens is 2. The van der Waals surface area contributed by atoms with Crippen LogP contribution in [0.5, 0.6) is 0 Å². The lowest BCUT2D eigenvalue weighted by Gasteiger charge is -2.02. The van der Waals surface area contributed by atoms with Crippen molar-refractivity contribution in [2.45, 2.75) is 6.92 Å². The van der Waals surface area contributed by atoms with Crippen molar-refractivity contribution in [1.29, 1.82) is 0 Å². The van der Waals surface area contributed by atoms with Gasteiger partial charge in [0.05, 0.1) is 6.26 Å². The molecule has 0 saturated heterocycles. The fourth-order valence-electron chi connectivity index (χ4n) is 2.49. The van der Waals surface area contributed by atoms with Crippen LogP contribution in [0.3, 0.4) is 0 Å². The highest BCUT2D eigenvalue weighted by molar-refractivity contribution is 5.96. The number of nitrogens with zero attached hydrogens (tertiary/aromatic N) is 2. The number of fused-ring (bicyclic) bond motifs is 1. The largest absolute Gasteiger partial charge is 0.464 e. The van der Waals surface area contributed by atoms with Crippen molar-refractivity contribution in [1.82, 2.24) is 10.2 Å². The topological polar surface area (TPSA) is 52.1 Å². The first kappa shape index (κ1) is 13.6. The van der Waals surface area contributed by atoms with E-state index in [1.54, 1.807) is 25.1 Å². The molecule has 23 heavy (non-hydrogen) atoms.